The van der Waals surface area contributed by atoms with Gasteiger partial charge in [-0.05, 0) is 145 Å². The van der Waals surface area contributed by atoms with Gasteiger partial charge in [0.25, 0.3) is 0 Å². The first kappa shape index (κ1) is 49.7. The summed E-state index contributed by atoms with van der Waals surface area (Å²) >= 11 is 0. The highest BCUT2D eigenvalue weighted by Crippen LogP contribution is 2.45. The molecule has 4 heteroatoms. The summed E-state index contributed by atoms with van der Waals surface area (Å²) in [7, 11) is 0. The van der Waals surface area contributed by atoms with E-state index in [1.807, 2.05) is 0 Å². The highest BCUT2D eigenvalue weighted by atomic mass is 15.0. The van der Waals surface area contributed by atoms with Crippen LogP contribution < -0.4 is 0 Å². The van der Waals surface area contributed by atoms with Gasteiger partial charge in [0.1, 0.15) is 0 Å². The van der Waals surface area contributed by atoms with Crippen LogP contribution in [0.15, 0.2) is 194 Å². The Hall–Kier alpha value is -7.82. The molecule has 0 aliphatic heterocycles. The summed E-state index contributed by atoms with van der Waals surface area (Å²) in [5.74, 6) is 2.90. The van der Waals surface area contributed by atoms with E-state index in [-0.39, 0.29) is 0 Å². The van der Waals surface area contributed by atoms with Gasteiger partial charge in [0, 0.05) is 65.8 Å². The lowest BCUT2D eigenvalue weighted by Gasteiger charge is -2.15. The first-order valence-corrected chi connectivity index (χ1v) is 29.4. The number of benzene rings is 9. The molecule has 0 N–H and O–H groups in total. The molecule has 0 radical (unpaired) electrons. The van der Waals surface area contributed by atoms with Crippen molar-refractivity contribution in [2.75, 3.05) is 0 Å². The van der Waals surface area contributed by atoms with Crippen LogP contribution in [0.4, 0.5) is 0 Å². The standard InChI is InChI=1S/C74H74N4/c1-7-50(4)22-18-24-52(6)43-54-26-20-30-57(45-54)77-69-41-39-58(75-68-36-16-13-33-62(68)73-70(75)42-40-61-59-31-11-15-35-67(59)78(74(61)73)55-27-9-8-10-28-55)46-63(69)65-48-71-64(47-72(65)77)60-32-12-14-34-66(60)76(71)56-29-19-25-53(44-56)38-37-51(5)23-17-21-49(2)3/h8-16,19-20,25-36,39-42,44-52H,7,17-18,21-24,37-38,43H2,1-6H3. The second kappa shape index (κ2) is 20.9. The maximum Gasteiger partial charge on any atom is 0.0641 e. The Kier molecular flexibility index (Phi) is 13.3. The third kappa shape index (κ3) is 8.88. The average molecular weight is 1020 g/mol. The van der Waals surface area contributed by atoms with E-state index in [9.17, 15) is 0 Å². The van der Waals surface area contributed by atoms with E-state index in [0.29, 0.717) is 11.8 Å². The van der Waals surface area contributed by atoms with Crippen LogP contribution in [0.25, 0.3) is 110 Å². The minimum absolute atomic E-state index is 0.619. The number of fused-ring (bicyclic) bond motifs is 13. The molecule has 4 heterocycles. The molecule has 13 aromatic rings. The molecule has 3 atom stereocenters. The number of hydrogen-bond acceptors (Lipinski definition) is 0. The molecule has 0 aliphatic rings. The lowest BCUT2D eigenvalue weighted by molar-refractivity contribution is 0.432. The minimum Gasteiger partial charge on any atom is -0.309 e. The molecule has 0 spiro atoms. The highest BCUT2D eigenvalue weighted by molar-refractivity contribution is 6.26. The Morgan fingerprint density at radius 2 is 0.821 bits per heavy atom. The quantitative estimate of drug-likeness (QED) is 0.0816. The van der Waals surface area contributed by atoms with E-state index in [1.54, 1.807) is 0 Å². The van der Waals surface area contributed by atoms with Gasteiger partial charge in [0.15, 0.2) is 0 Å². The van der Waals surface area contributed by atoms with Crippen LogP contribution in [0.2, 0.25) is 0 Å². The highest BCUT2D eigenvalue weighted by Gasteiger charge is 2.24. The van der Waals surface area contributed by atoms with Gasteiger partial charge in [-0.15, -0.1) is 0 Å². The molecule has 0 amide bonds. The number of rotatable bonds is 18. The fraction of sp³-hybridized carbons (Fsp3) is 0.270. The van der Waals surface area contributed by atoms with Gasteiger partial charge in [-0.25, -0.2) is 0 Å². The molecule has 13 rings (SSSR count). The molecule has 0 aliphatic carbocycles. The number of para-hydroxylation sites is 4. The van der Waals surface area contributed by atoms with Crippen LogP contribution in [0.1, 0.15) is 104 Å². The Balaban J connectivity index is 1.01. The SMILES string of the molecule is CCC(C)CCCC(C)Cc1cccc(-n2c3ccc(-n4c5ccccc5c5c4ccc4c6ccccc6n(-c6ccccc6)c45)cc3c3cc4c(cc32)c2ccccc2n4-c2cccc(CCC(C)CCCC(C)C)c2)c1. The maximum atomic E-state index is 2.56. The number of aromatic nitrogens is 4. The largest absolute Gasteiger partial charge is 0.309 e. The number of nitrogens with zero attached hydrogens (tertiary/aromatic N) is 4. The van der Waals surface area contributed by atoms with Crippen LogP contribution >= 0.6 is 0 Å². The minimum atomic E-state index is 0.619. The van der Waals surface area contributed by atoms with Crippen molar-refractivity contribution < 1.29 is 0 Å². The summed E-state index contributed by atoms with van der Waals surface area (Å²) < 4.78 is 10.1. The zero-order valence-electron chi connectivity index (χ0n) is 46.6. The Morgan fingerprint density at radius 1 is 0.321 bits per heavy atom. The van der Waals surface area contributed by atoms with Crippen molar-refractivity contribution in [2.24, 2.45) is 23.7 Å². The van der Waals surface area contributed by atoms with Gasteiger partial charge in [-0.3, -0.25) is 0 Å². The van der Waals surface area contributed by atoms with Crippen molar-refractivity contribution in [2.45, 2.75) is 106 Å². The predicted molar refractivity (Wildman–Crippen MR) is 336 cm³/mol. The van der Waals surface area contributed by atoms with Crippen LogP contribution in [0.5, 0.6) is 0 Å². The van der Waals surface area contributed by atoms with E-state index in [1.165, 1.54) is 167 Å². The molecule has 0 fully saturated rings. The van der Waals surface area contributed by atoms with Crippen LogP contribution in [0.3, 0.4) is 0 Å². The van der Waals surface area contributed by atoms with E-state index in [0.717, 1.165) is 30.4 Å². The molecule has 4 nitrogen and oxygen atoms in total. The van der Waals surface area contributed by atoms with Crippen molar-refractivity contribution >= 4 is 87.2 Å². The molecule has 0 saturated carbocycles. The summed E-state index contributed by atoms with van der Waals surface area (Å²) in [5.41, 5.74) is 17.4. The monoisotopic (exact) mass is 1020 g/mol. The van der Waals surface area contributed by atoms with Crippen LogP contribution in [-0.2, 0) is 12.8 Å². The summed E-state index contributed by atoms with van der Waals surface area (Å²) in [6.45, 7) is 14.3. The first-order chi connectivity index (χ1) is 38.2. The molecular weight excluding hydrogens is 945 g/mol. The summed E-state index contributed by atoms with van der Waals surface area (Å²) in [6, 6.07) is 73.8. The molecule has 390 valence electrons. The third-order valence-corrected chi connectivity index (χ3v) is 17.7. The molecule has 0 saturated heterocycles. The summed E-state index contributed by atoms with van der Waals surface area (Å²) in [4.78, 5) is 0. The van der Waals surface area contributed by atoms with Gasteiger partial charge in [-0.2, -0.15) is 0 Å². The van der Waals surface area contributed by atoms with Crippen LogP contribution in [0, 0.1) is 23.7 Å². The fourth-order valence-electron chi connectivity index (χ4n) is 13.4. The summed E-state index contributed by atoms with van der Waals surface area (Å²) in [6.07, 6.45) is 12.5. The van der Waals surface area contributed by atoms with Crippen LogP contribution in [-0.4, -0.2) is 18.3 Å². The van der Waals surface area contributed by atoms with Crippen molar-refractivity contribution in [3.8, 4) is 22.7 Å². The van der Waals surface area contributed by atoms with Crippen molar-refractivity contribution in [1.82, 2.24) is 18.3 Å². The molecule has 9 aromatic carbocycles. The lowest BCUT2D eigenvalue weighted by Crippen LogP contribution is -2.03. The normalized spacial score (nSPS) is 13.5. The van der Waals surface area contributed by atoms with Crippen molar-refractivity contribution in [1.29, 1.82) is 0 Å². The Morgan fingerprint density at radius 3 is 1.53 bits per heavy atom. The zero-order valence-corrected chi connectivity index (χ0v) is 46.6. The summed E-state index contributed by atoms with van der Waals surface area (Å²) in [5, 5.41) is 10.1. The molecular formula is C74H74N4. The van der Waals surface area contributed by atoms with Crippen molar-refractivity contribution in [3.63, 3.8) is 0 Å². The average Bonchev–Trinajstić information content (AvgIpc) is 4.34. The maximum absolute atomic E-state index is 2.56. The topological polar surface area (TPSA) is 19.7 Å². The number of hydrogen-bond donors (Lipinski definition) is 0. The third-order valence-electron chi connectivity index (χ3n) is 17.7. The second-order valence-electron chi connectivity index (χ2n) is 23.7. The molecule has 3 unspecified atom stereocenters. The molecule has 4 aromatic heterocycles. The fourth-order valence-corrected chi connectivity index (χ4v) is 13.4. The molecule has 0 bridgehead atoms. The first-order valence-electron chi connectivity index (χ1n) is 29.4. The molecule has 78 heavy (non-hydrogen) atoms. The lowest BCUT2D eigenvalue weighted by atomic mass is 9.93. The van der Waals surface area contributed by atoms with Gasteiger partial charge in [0.2, 0.25) is 0 Å². The number of aryl methyl sites for hydroxylation is 1. The zero-order chi connectivity index (χ0) is 53.0. The van der Waals surface area contributed by atoms with Gasteiger partial charge >= 0.3 is 0 Å². The van der Waals surface area contributed by atoms with E-state index >= 15 is 0 Å². The van der Waals surface area contributed by atoms with E-state index < -0.39 is 0 Å². The van der Waals surface area contributed by atoms with E-state index in [2.05, 4.69) is 254 Å². The second-order valence-corrected chi connectivity index (χ2v) is 23.7. The van der Waals surface area contributed by atoms with Gasteiger partial charge in [0.05, 0.1) is 44.1 Å². The Bertz CT molecular complexity index is 4330. The van der Waals surface area contributed by atoms with Crippen molar-refractivity contribution in [3.05, 3.63) is 205 Å². The van der Waals surface area contributed by atoms with Gasteiger partial charge < -0.3 is 18.3 Å². The van der Waals surface area contributed by atoms with E-state index in [4.69, 9.17) is 0 Å². The van der Waals surface area contributed by atoms with Gasteiger partial charge in [-0.1, -0.05) is 190 Å². The predicted octanol–water partition coefficient (Wildman–Crippen LogP) is 20.9. The Labute approximate surface area is 460 Å². The smallest absolute Gasteiger partial charge is 0.0641 e.